The van der Waals surface area contributed by atoms with E-state index in [1.807, 2.05) is 27.7 Å². The van der Waals surface area contributed by atoms with Crippen LogP contribution in [0.5, 0.6) is 0 Å². The Labute approximate surface area is 265 Å². The van der Waals surface area contributed by atoms with Crippen LogP contribution in [-0.4, -0.2) is 72.1 Å². The van der Waals surface area contributed by atoms with Crippen LogP contribution in [0.3, 0.4) is 0 Å². The van der Waals surface area contributed by atoms with E-state index in [2.05, 4.69) is 27.4 Å². The van der Waals surface area contributed by atoms with E-state index in [-0.39, 0.29) is 29.8 Å². The van der Waals surface area contributed by atoms with E-state index in [1.165, 1.54) is 51.4 Å². The summed E-state index contributed by atoms with van der Waals surface area (Å²) in [6, 6.07) is 0. The van der Waals surface area contributed by atoms with Gasteiger partial charge in [0.05, 0.1) is 31.5 Å². The van der Waals surface area contributed by atoms with Gasteiger partial charge in [-0.1, -0.05) is 27.4 Å². The molecule has 2 spiro atoms. The molecule has 2 saturated heterocycles. The molecule has 1 N–H and O–H groups in total. The molecule has 0 radical (unpaired) electrons. The number of morpholine rings is 1. The molecule has 0 bridgehead atoms. The number of aliphatic hydroxyl groups excluding tert-OH is 1. The molecular weight excluding hydrogens is 554 g/mol. The van der Waals surface area contributed by atoms with Crippen molar-refractivity contribution in [3.63, 3.8) is 0 Å². The molecule has 2 aliphatic heterocycles. The number of ether oxygens (including phenoxy) is 4. The zero-order valence-corrected chi connectivity index (χ0v) is 28.5. The zero-order valence-electron chi connectivity index (χ0n) is 28.5. The standard InChI is InChI=1S/C37H59NO6/c1-22(2)31(39)26-11-9-24-27(42-26)19-25-23-10-12-28-34(6,7)29(13-14-37(28)21-36(23,37)16-15-35(24,25)8)43-30-20-38(17-18-41-30)32(40)44-33(3,4)5/h23-31,39H,1,9-21H2,2-8H3/t23?,24?,25?,26?,27?,28?,29-,30?,31+,35?,36-,37+/m0/s1. The van der Waals surface area contributed by atoms with Crippen LogP contribution in [0.15, 0.2) is 12.2 Å². The largest absolute Gasteiger partial charge is 0.444 e. The van der Waals surface area contributed by atoms with Crippen LogP contribution in [0, 0.1) is 45.3 Å². The second-order valence-corrected chi connectivity index (χ2v) is 18.0. The third-order valence-corrected chi connectivity index (χ3v) is 14.4. The van der Waals surface area contributed by atoms with E-state index >= 15 is 0 Å². The van der Waals surface area contributed by atoms with E-state index in [4.69, 9.17) is 18.9 Å². The fourth-order valence-corrected chi connectivity index (χ4v) is 12.4. The minimum atomic E-state index is -0.543. The summed E-state index contributed by atoms with van der Waals surface area (Å²) in [6.07, 6.45) is 11.5. The van der Waals surface area contributed by atoms with Crippen molar-refractivity contribution in [2.24, 2.45) is 45.3 Å². The van der Waals surface area contributed by atoms with E-state index in [0.717, 1.165) is 30.3 Å². The maximum absolute atomic E-state index is 12.8. The Balaban J connectivity index is 1.03. The average Bonchev–Trinajstić information content (AvgIpc) is 3.53. The molecule has 0 aromatic rings. The number of rotatable bonds is 4. The number of carbonyl (C=O) groups excluding carboxylic acids is 1. The number of hydrogen-bond acceptors (Lipinski definition) is 6. The van der Waals surface area contributed by atoms with E-state index in [0.29, 0.717) is 47.8 Å². The summed E-state index contributed by atoms with van der Waals surface area (Å²) < 4.78 is 25.2. The lowest BCUT2D eigenvalue weighted by Crippen LogP contribution is -2.56. The fraction of sp³-hybridized carbons (Fsp3) is 0.919. The van der Waals surface area contributed by atoms with Gasteiger partial charge in [-0.2, -0.15) is 0 Å². The van der Waals surface area contributed by atoms with Crippen molar-refractivity contribution in [1.82, 2.24) is 4.90 Å². The third kappa shape index (κ3) is 4.67. The Kier molecular flexibility index (Phi) is 7.45. The second-order valence-electron chi connectivity index (χ2n) is 18.0. The van der Waals surface area contributed by atoms with Gasteiger partial charge in [-0.15, -0.1) is 0 Å². The van der Waals surface area contributed by atoms with Crippen molar-refractivity contribution < 1.29 is 28.8 Å². The van der Waals surface area contributed by atoms with Crippen molar-refractivity contribution in [1.29, 1.82) is 0 Å². The van der Waals surface area contributed by atoms with Crippen LogP contribution in [0.1, 0.15) is 113 Å². The Hall–Kier alpha value is -1.15. The molecule has 248 valence electrons. The summed E-state index contributed by atoms with van der Waals surface area (Å²) >= 11 is 0. The van der Waals surface area contributed by atoms with Gasteiger partial charge in [-0.3, -0.25) is 0 Å². The minimum Gasteiger partial charge on any atom is -0.444 e. The minimum absolute atomic E-state index is 0.0592. The Morgan fingerprint density at radius 3 is 2.48 bits per heavy atom. The van der Waals surface area contributed by atoms with Gasteiger partial charge < -0.3 is 29.0 Å². The molecule has 8 unspecified atom stereocenters. The maximum Gasteiger partial charge on any atom is 0.410 e. The van der Waals surface area contributed by atoms with Gasteiger partial charge in [0.15, 0.2) is 6.29 Å². The molecule has 5 saturated carbocycles. The molecule has 1 amide bonds. The highest BCUT2D eigenvalue weighted by atomic mass is 16.7. The summed E-state index contributed by atoms with van der Waals surface area (Å²) in [5.74, 6) is 2.82. The van der Waals surface area contributed by atoms with Crippen LogP contribution in [-0.2, 0) is 18.9 Å². The zero-order chi connectivity index (χ0) is 31.4. The number of amides is 1. The van der Waals surface area contributed by atoms with Crippen molar-refractivity contribution in [3.8, 4) is 0 Å². The molecule has 7 rings (SSSR count). The normalized spacial score (nSPS) is 48.1. The monoisotopic (exact) mass is 613 g/mol. The molecule has 7 heteroatoms. The molecule has 2 heterocycles. The van der Waals surface area contributed by atoms with Gasteiger partial charge in [0.2, 0.25) is 0 Å². The van der Waals surface area contributed by atoms with Gasteiger partial charge in [0.1, 0.15) is 11.7 Å². The SMILES string of the molecule is C=C(C)[C@@H](O)C1CCC2C(CC3C4CCC5C(C)(C)[C@@H](OC6CN(C(=O)OC(C)(C)C)CCO6)CC[C@@]56C[C@@]46CCC23C)O1. The van der Waals surface area contributed by atoms with Gasteiger partial charge in [0.25, 0.3) is 0 Å². The summed E-state index contributed by atoms with van der Waals surface area (Å²) in [7, 11) is 0. The number of hydrogen-bond donors (Lipinski definition) is 1. The van der Waals surface area contributed by atoms with Crippen LogP contribution in [0.4, 0.5) is 4.79 Å². The summed E-state index contributed by atoms with van der Waals surface area (Å²) in [5.41, 5.74) is 1.67. The average molecular weight is 614 g/mol. The highest BCUT2D eigenvalue weighted by Gasteiger charge is 2.80. The smallest absolute Gasteiger partial charge is 0.410 e. The van der Waals surface area contributed by atoms with Crippen LogP contribution in [0.2, 0.25) is 0 Å². The molecule has 12 atom stereocenters. The van der Waals surface area contributed by atoms with E-state index < -0.39 is 18.0 Å². The summed E-state index contributed by atoms with van der Waals surface area (Å²) in [5, 5.41) is 10.7. The number of carbonyl (C=O) groups is 1. The lowest BCUT2D eigenvalue weighted by molar-refractivity contribution is -0.243. The van der Waals surface area contributed by atoms with Gasteiger partial charge in [-0.25, -0.2) is 4.79 Å². The topological polar surface area (TPSA) is 77.5 Å². The third-order valence-electron chi connectivity index (χ3n) is 14.4. The fourth-order valence-electron chi connectivity index (χ4n) is 12.4. The first-order chi connectivity index (χ1) is 20.6. The van der Waals surface area contributed by atoms with Crippen LogP contribution >= 0.6 is 0 Å². The molecule has 0 aromatic carbocycles. The van der Waals surface area contributed by atoms with Gasteiger partial charge in [-0.05, 0) is 143 Å². The van der Waals surface area contributed by atoms with Crippen LogP contribution in [0.25, 0.3) is 0 Å². The molecular formula is C37H59NO6. The lowest BCUT2D eigenvalue weighted by Gasteiger charge is -2.60. The highest BCUT2D eigenvalue weighted by Crippen LogP contribution is 2.87. The van der Waals surface area contributed by atoms with Crippen molar-refractivity contribution >= 4 is 6.09 Å². The number of aliphatic hydroxyl groups is 1. The predicted molar refractivity (Wildman–Crippen MR) is 169 cm³/mol. The highest BCUT2D eigenvalue weighted by molar-refractivity contribution is 5.68. The molecule has 7 fully saturated rings. The van der Waals surface area contributed by atoms with Gasteiger partial charge in [0, 0.05) is 6.54 Å². The molecule has 5 aliphatic carbocycles. The maximum atomic E-state index is 12.8. The van der Waals surface area contributed by atoms with Crippen molar-refractivity contribution in [3.05, 3.63) is 12.2 Å². The first kappa shape index (κ1) is 31.4. The number of fused-ring (bicyclic) bond motifs is 4. The Morgan fingerprint density at radius 2 is 1.75 bits per heavy atom. The summed E-state index contributed by atoms with van der Waals surface area (Å²) in [6.45, 7) is 20.6. The Morgan fingerprint density at radius 1 is 1.00 bits per heavy atom. The van der Waals surface area contributed by atoms with Gasteiger partial charge >= 0.3 is 6.09 Å². The predicted octanol–water partition coefficient (Wildman–Crippen LogP) is 7.11. The molecule has 7 nitrogen and oxygen atoms in total. The lowest BCUT2D eigenvalue weighted by atomic mass is 9.46. The molecule has 44 heavy (non-hydrogen) atoms. The Bertz CT molecular complexity index is 1160. The van der Waals surface area contributed by atoms with E-state index in [9.17, 15) is 9.90 Å². The van der Waals surface area contributed by atoms with Crippen molar-refractivity contribution in [2.75, 3.05) is 19.7 Å². The van der Waals surface area contributed by atoms with E-state index in [1.54, 1.807) is 4.90 Å². The van der Waals surface area contributed by atoms with Crippen molar-refractivity contribution in [2.45, 2.75) is 149 Å². The van der Waals surface area contributed by atoms with Crippen LogP contribution < -0.4 is 0 Å². The first-order valence-electron chi connectivity index (χ1n) is 17.9. The summed E-state index contributed by atoms with van der Waals surface area (Å²) in [4.78, 5) is 14.5. The molecule has 0 aromatic heterocycles. The molecule has 7 aliphatic rings. The quantitative estimate of drug-likeness (QED) is 0.341. The second kappa shape index (κ2) is 10.4. The number of nitrogens with zero attached hydrogens (tertiary/aromatic N) is 1. The first-order valence-corrected chi connectivity index (χ1v) is 17.9.